The van der Waals surface area contributed by atoms with E-state index < -0.39 is 5.97 Å². The summed E-state index contributed by atoms with van der Waals surface area (Å²) in [4.78, 5) is 30.1. The zero-order valence-corrected chi connectivity index (χ0v) is 20.7. The number of methoxy groups -OCH3 is 4. The summed E-state index contributed by atoms with van der Waals surface area (Å²) in [6, 6.07) is 17.7. The van der Waals surface area contributed by atoms with Gasteiger partial charge in [-0.3, -0.25) is 4.79 Å². The smallest absolute Gasteiger partial charge is 0.337 e. The Labute approximate surface area is 208 Å². The second-order valence-electron chi connectivity index (χ2n) is 7.96. The number of carbonyl (C=O) groups is 2. The van der Waals surface area contributed by atoms with E-state index in [-0.39, 0.29) is 5.91 Å². The number of hydrogen-bond donors (Lipinski definition) is 1. The molecular formula is C28H26N2O6. The number of aryl methyl sites for hydroxylation is 1. The summed E-state index contributed by atoms with van der Waals surface area (Å²) in [7, 11) is 5.95. The number of nitrogens with one attached hydrogen (secondary N) is 1. The highest BCUT2D eigenvalue weighted by Crippen LogP contribution is 2.41. The molecule has 0 spiro atoms. The zero-order chi connectivity index (χ0) is 25.8. The lowest BCUT2D eigenvalue weighted by Crippen LogP contribution is -2.14. The Kier molecular flexibility index (Phi) is 7.05. The second-order valence-corrected chi connectivity index (χ2v) is 7.96. The van der Waals surface area contributed by atoms with Gasteiger partial charge in [0.1, 0.15) is 0 Å². The van der Waals surface area contributed by atoms with Crippen molar-refractivity contribution in [2.24, 2.45) is 0 Å². The molecule has 1 N–H and O–H groups in total. The lowest BCUT2D eigenvalue weighted by molar-refractivity contribution is 0.0600. The van der Waals surface area contributed by atoms with Crippen molar-refractivity contribution in [2.45, 2.75) is 6.92 Å². The summed E-state index contributed by atoms with van der Waals surface area (Å²) in [6.45, 7) is 1.81. The average Bonchev–Trinajstić information content (AvgIpc) is 2.91. The summed E-state index contributed by atoms with van der Waals surface area (Å²) in [5.74, 6) is 0.680. The van der Waals surface area contributed by atoms with Crippen LogP contribution in [0.5, 0.6) is 17.2 Å². The van der Waals surface area contributed by atoms with E-state index in [4.69, 9.17) is 23.9 Å². The summed E-state index contributed by atoms with van der Waals surface area (Å²) < 4.78 is 21.2. The maximum Gasteiger partial charge on any atom is 0.337 e. The first-order valence-corrected chi connectivity index (χ1v) is 11.1. The fourth-order valence-corrected chi connectivity index (χ4v) is 3.98. The lowest BCUT2D eigenvalue weighted by Gasteiger charge is -2.15. The maximum absolute atomic E-state index is 13.5. The Morgan fingerprint density at radius 3 is 2.14 bits per heavy atom. The Morgan fingerprint density at radius 1 is 0.833 bits per heavy atom. The van der Waals surface area contributed by atoms with Crippen LogP contribution in [0.25, 0.3) is 22.2 Å². The molecule has 1 amide bonds. The number of aromatic nitrogens is 1. The third-order valence-electron chi connectivity index (χ3n) is 5.82. The van der Waals surface area contributed by atoms with Crippen LogP contribution in [0, 0.1) is 6.92 Å². The van der Waals surface area contributed by atoms with E-state index in [2.05, 4.69) is 5.32 Å². The highest BCUT2D eigenvalue weighted by atomic mass is 16.5. The average molecular weight is 487 g/mol. The number of pyridine rings is 1. The Bertz CT molecular complexity index is 1440. The van der Waals surface area contributed by atoms with Crippen molar-refractivity contribution in [1.29, 1.82) is 0 Å². The van der Waals surface area contributed by atoms with E-state index in [1.807, 2.05) is 31.2 Å². The summed E-state index contributed by atoms with van der Waals surface area (Å²) in [5, 5.41) is 3.66. The molecule has 4 rings (SSSR count). The fourth-order valence-electron chi connectivity index (χ4n) is 3.98. The van der Waals surface area contributed by atoms with Crippen LogP contribution in [0.4, 0.5) is 5.69 Å². The number of carbonyl (C=O) groups excluding carboxylic acids is 2. The molecule has 0 saturated heterocycles. The molecule has 3 aromatic carbocycles. The molecule has 0 bridgehead atoms. The first-order valence-electron chi connectivity index (χ1n) is 11.1. The number of esters is 1. The van der Waals surface area contributed by atoms with E-state index in [1.54, 1.807) is 50.6 Å². The van der Waals surface area contributed by atoms with Gasteiger partial charge in [0.2, 0.25) is 5.75 Å². The quantitative estimate of drug-likeness (QED) is 0.355. The van der Waals surface area contributed by atoms with Gasteiger partial charge >= 0.3 is 5.97 Å². The minimum absolute atomic E-state index is 0.309. The van der Waals surface area contributed by atoms with Crippen LogP contribution in [0.1, 0.15) is 26.3 Å². The molecule has 0 aliphatic carbocycles. The molecule has 1 heterocycles. The molecule has 0 fully saturated rings. The largest absolute Gasteiger partial charge is 0.493 e. The molecule has 0 radical (unpaired) electrons. The molecule has 0 unspecified atom stereocenters. The number of anilines is 1. The number of fused-ring (bicyclic) bond motifs is 1. The van der Waals surface area contributed by atoms with E-state index in [0.29, 0.717) is 56.2 Å². The zero-order valence-electron chi connectivity index (χ0n) is 20.7. The van der Waals surface area contributed by atoms with Crippen LogP contribution >= 0.6 is 0 Å². The van der Waals surface area contributed by atoms with Crippen molar-refractivity contribution < 1.29 is 28.5 Å². The highest BCUT2D eigenvalue weighted by molar-refractivity contribution is 6.13. The van der Waals surface area contributed by atoms with Gasteiger partial charge in [-0.2, -0.15) is 0 Å². The fraction of sp³-hybridized carbons (Fsp3) is 0.179. The molecule has 8 nitrogen and oxygen atoms in total. The number of ether oxygens (including phenoxy) is 4. The van der Waals surface area contributed by atoms with Crippen molar-refractivity contribution in [3.05, 3.63) is 77.4 Å². The third-order valence-corrected chi connectivity index (χ3v) is 5.82. The minimum Gasteiger partial charge on any atom is -0.493 e. The van der Waals surface area contributed by atoms with Crippen molar-refractivity contribution in [3.8, 4) is 28.5 Å². The van der Waals surface area contributed by atoms with Crippen molar-refractivity contribution in [1.82, 2.24) is 4.98 Å². The van der Waals surface area contributed by atoms with Crippen molar-refractivity contribution in [3.63, 3.8) is 0 Å². The molecule has 0 aliphatic rings. The molecule has 0 saturated carbocycles. The van der Waals surface area contributed by atoms with E-state index >= 15 is 0 Å². The first kappa shape index (κ1) is 24.5. The highest BCUT2D eigenvalue weighted by Gasteiger charge is 2.19. The second kappa shape index (κ2) is 10.4. The first-order chi connectivity index (χ1) is 17.4. The third kappa shape index (κ3) is 4.65. The maximum atomic E-state index is 13.5. The normalized spacial score (nSPS) is 10.6. The van der Waals surface area contributed by atoms with Gasteiger partial charge in [0.15, 0.2) is 11.5 Å². The monoisotopic (exact) mass is 486 g/mol. The summed E-state index contributed by atoms with van der Waals surface area (Å²) in [5.41, 5.74) is 4.09. The number of benzene rings is 3. The molecule has 184 valence electrons. The van der Waals surface area contributed by atoms with Gasteiger partial charge in [-0.25, -0.2) is 9.78 Å². The van der Waals surface area contributed by atoms with Crippen LogP contribution in [-0.2, 0) is 4.74 Å². The van der Waals surface area contributed by atoms with Gasteiger partial charge in [0.05, 0.1) is 50.8 Å². The van der Waals surface area contributed by atoms with Gasteiger partial charge in [-0.15, -0.1) is 0 Å². The van der Waals surface area contributed by atoms with Gasteiger partial charge in [0.25, 0.3) is 5.91 Å². The summed E-state index contributed by atoms with van der Waals surface area (Å²) >= 11 is 0. The predicted octanol–water partition coefficient (Wildman–Crippen LogP) is 5.27. The number of rotatable bonds is 7. The standard InChI is InChI=1S/C28H26N2O6/c1-16-12-17(28(32)36-5)10-11-21(16)30-27(31)20-15-23(29-22-9-7-6-8-19(20)22)18-13-24(33-2)26(35-4)25(14-18)34-3/h6-15H,1-5H3,(H,30,31). The van der Waals surface area contributed by atoms with Gasteiger partial charge in [-0.05, 0) is 55.0 Å². The summed E-state index contributed by atoms with van der Waals surface area (Å²) in [6.07, 6.45) is 0. The molecule has 1 aromatic heterocycles. The SMILES string of the molecule is COC(=O)c1ccc(NC(=O)c2cc(-c3cc(OC)c(OC)c(OC)c3)nc3ccccc23)c(C)c1. The number of nitrogens with zero attached hydrogens (tertiary/aromatic N) is 1. The molecule has 8 heteroatoms. The van der Waals surface area contributed by atoms with Gasteiger partial charge in [0, 0.05) is 16.6 Å². The van der Waals surface area contributed by atoms with E-state index in [9.17, 15) is 9.59 Å². The van der Waals surface area contributed by atoms with Crippen molar-refractivity contribution >= 4 is 28.5 Å². The number of amides is 1. The van der Waals surface area contributed by atoms with Gasteiger partial charge < -0.3 is 24.3 Å². The van der Waals surface area contributed by atoms with Crippen LogP contribution in [0.15, 0.2) is 60.7 Å². The van der Waals surface area contributed by atoms with E-state index in [1.165, 1.54) is 14.2 Å². The Morgan fingerprint density at radius 2 is 1.53 bits per heavy atom. The topological polar surface area (TPSA) is 96.0 Å². The molecule has 0 atom stereocenters. The Hall–Kier alpha value is -4.59. The predicted molar refractivity (Wildman–Crippen MR) is 137 cm³/mol. The lowest BCUT2D eigenvalue weighted by atomic mass is 10.0. The van der Waals surface area contributed by atoms with Crippen LogP contribution in [0.3, 0.4) is 0 Å². The Balaban J connectivity index is 1.79. The van der Waals surface area contributed by atoms with Crippen molar-refractivity contribution in [2.75, 3.05) is 33.8 Å². The van der Waals surface area contributed by atoms with Crippen LogP contribution in [-0.4, -0.2) is 45.3 Å². The minimum atomic E-state index is -0.439. The molecule has 4 aromatic rings. The molecule has 0 aliphatic heterocycles. The number of hydrogen-bond acceptors (Lipinski definition) is 7. The number of para-hydroxylation sites is 1. The van der Waals surface area contributed by atoms with Gasteiger partial charge in [-0.1, -0.05) is 18.2 Å². The van der Waals surface area contributed by atoms with E-state index in [0.717, 1.165) is 5.56 Å². The van der Waals surface area contributed by atoms with Crippen LogP contribution < -0.4 is 19.5 Å². The molecular weight excluding hydrogens is 460 g/mol. The molecule has 36 heavy (non-hydrogen) atoms. The van der Waals surface area contributed by atoms with Crippen LogP contribution in [0.2, 0.25) is 0 Å².